The first-order chi connectivity index (χ1) is 6.68. The minimum Gasteiger partial charge on any atom is -0.360 e. The highest BCUT2D eigenvalue weighted by molar-refractivity contribution is 7.09. The van der Waals surface area contributed by atoms with E-state index >= 15 is 0 Å². The van der Waals surface area contributed by atoms with Crippen molar-refractivity contribution in [2.45, 2.75) is 26.9 Å². The van der Waals surface area contributed by atoms with E-state index in [4.69, 9.17) is 0 Å². The van der Waals surface area contributed by atoms with Crippen molar-refractivity contribution in [3.05, 3.63) is 5.82 Å². The van der Waals surface area contributed by atoms with Gasteiger partial charge in [0.05, 0.1) is 0 Å². The molecule has 0 spiro atoms. The molecule has 0 aliphatic carbocycles. The summed E-state index contributed by atoms with van der Waals surface area (Å²) in [5.74, 6) is -1.08. The highest BCUT2D eigenvalue weighted by Gasteiger charge is 2.36. The third kappa shape index (κ3) is 4.03. The Balaban J connectivity index is 2.62. The summed E-state index contributed by atoms with van der Waals surface area (Å²) in [5.41, 5.74) is -0.00986. The predicted octanol–water partition coefficient (Wildman–Crippen LogP) is 3.01. The van der Waals surface area contributed by atoms with Gasteiger partial charge in [-0.2, -0.15) is 22.5 Å². The van der Waals surface area contributed by atoms with Gasteiger partial charge in [-0.05, 0) is 5.41 Å². The first kappa shape index (κ1) is 12.2. The molecule has 86 valence electrons. The van der Waals surface area contributed by atoms with Gasteiger partial charge in [0.1, 0.15) is 0 Å². The van der Waals surface area contributed by atoms with E-state index in [2.05, 4.69) is 14.7 Å². The predicted molar refractivity (Wildman–Crippen MR) is 52.9 cm³/mol. The minimum atomic E-state index is -4.46. The number of hydrogen-bond acceptors (Lipinski definition) is 4. The van der Waals surface area contributed by atoms with Gasteiger partial charge in [-0.25, -0.2) is 0 Å². The Morgan fingerprint density at radius 2 is 1.87 bits per heavy atom. The Hall–Kier alpha value is -0.850. The molecule has 0 unspecified atom stereocenters. The summed E-state index contributed by atoms with van der Waals surface area (Å²) < 4.78 is 39.6. The van der Waals surface area contributed by atoms with Crippen LogP contribution >= 0.6 is 11.5 Å². The Morgan fingerprint density at radius 3 is 2.27 bits per heavy atom. The van der Waals surface area contributed by atoms with Crippen molar-refractivity contribution in [3.63, 3.8) is 0 Å². The Morgan fingerprint density at radius 1 is 1.27 bits per heavy atom. The van der Waals surface area contributed by atoms with Crippen molar-refractivity contribution >= 4 is 16.7 Å². The summed E-state index contributed by atoms with van der Waals surface area (Å²) >= 11 is 0.725. The van der Waals surface area contributed by atoms with Crippen molar-refractivity contribution in [2.24, 2.45) is 5.41 Å². The maximum Gasteiger partial charge on any atom is 0.452 e. The maximum atomic E-state index is 12.1. The van der Waals surface area contributed by atoms with E-state index in [1.54, 1.807) is 0 Å². The molecule has 0 saturated carbocycles. The van der Waals surface area contributed by atoms with Crippen LogP contribution in [0.3, 0.4) is 0 Å². The van der Waals surface area contributed by atoms with E-state index < -0.39 is 12.0 Å². The monoisotopic (exact) mass is 239 g/mol. The van der Waals surface area contributed by atoms with Gasteiger partial charge in [0.2, 0.25) is 11.0 Å². The van der Waals surface area contributed by atoms with Crippen LogP contribution in [0.15, 0.2) is 0 Å². The average molecular weight is 239 g/mol. The largest absolute Gasteiger partial charge is 0.452 e. The second-order valence-corrected chi connectivity index (χ2v) is 5.09. The standard InChI is InChI=1S/C8H12F3N3S/c1-7(2,3)4-12-6-13-5(14-15-6)8(9,10)11/h4H2,1-3H3,(H,12,13,14). The van der Waals surface area contributed by atoms with Gasteiger partial charge in [-0.3, -0.25) is 0 Å². The summed E-state index contributed by atoms with van der Waals surface area (Å²) in [7, 11) is 0. The fraction of sp³-hybridized carbons (Fsp3) is 0.750. The first-order valence-electron chi connectivity index (χ1n) is 4.33. The van der Waals surface area contributed by atoms with Crippen LogP contribution in [0, 0.1) is 5.41 Å². The molecule has 15 heavy (non-hydrogen) atoms. The molecule has 0 aliphatic heterocycles. The second kappa shape index (κ2) is 3.96. The molecule has 0 radical (unpaired) electrons. The van der Waals surface area contributed by atoms with Crippen LogP contribution < -0.4 is 5.32 Å². The number of nitrogens with one attached hydrogen (secondary N) is 1. The topological polar surface area (TPSA) is 37.8 Å². The van der Waals surface area contributed by atoms with Crippen LogP contribution in [0.5, 0.6) is 0 Å². The average Bonchev–Trinajstić information content (AvgIpc) is 2.45. The quantitative estimate of drug-likeness (QED) is 0.862. The molecule has 1 aromatic heterocycles. The summed E-state index contributed by atoms with van der Waals surface area (Å²) in [6.07, 6.45) is -4.46. The van der Waals surface area contributed by atoms with Crippen molar-refractivity contribution in [3.8, 4) is 0 Å². The van der Waals surface area contributed by atoms with Crippen LogP contribution in [0.1, 0.15) is 26.6 Å². The molecular weight excluding hydrogens is 227 g/mol. The number of rotatable bonds is 2. The molecule has 0 aromatic carbocycles. The number of aromatic nitrogens is 2. The third-order valence-electron chi connectivity index (χ3n) is 1.45. The molecular formula is C8H12F3N3S. The molecule has 0 atom stereocenters. The van der Waals surface area contributed by atoms with Crippen molar-refractivity contribution in [2.75, 3.05) is 11.9 Å². The van der Waals surface area contributed by atoms with Crippen LogP contribution in [0.25, 0.3) is 0 Å². The molecule has 0 amide bonds. The number of hydrogen-bond donors (Lipinski definition) is 1. The van der Waals surface area contributed by atoms with Gasteiger partial charge < -0.3 is 5.32 Å². The first-order valence-corrected chi connectivity index (χ1v) is 5.10. The van der Waals surface area contributed by atoms with E-state index in [1.807, 2.05) is 20.8 Å². The molecule has 0 fully saturated rings. The lowest BCUT2D eigenvalue weighted by atomic mass is 9.97. The molecule has 0 saturated heterocycles. The molecule has 1 heterocycles. The van der Waals surface area contributed by atoms with E-state index in [-0.39, 0.29) is 10.5 Å². The van der Waals surface area contributed by atoms with E-state index in [9.17, 15) is 13.2 Å². The highest BCUT2D eigenvalue weighted by Crippen LogP contribution is 2.29. The third-order valence-corrected chi connectivity index (χ3v) is 2.12. The van der Waals surface area contributed by atoms with Crippen LogP contribution in [0.4, 0.5) is 18.3 Å². The van der Waals surface area contributed by atoms with E-state index in [0.29, 0.717) is 6.54 Å². The number of nitrogens with zero attached hydrogens (tertiary/aromatic N) is 2. The molecule has 7 heteroatoms. The van der Waals surface area contributed by atoms with Crippen molar-refractivity contribution in [1.29, 1.82) is 0 Å². The molecule has 1 aromatic rings. The summed E-state index contributed by atoms with van der Waals surface area (Å²) in [6.45, 7) is 6.49. The number of halogens is 3. The lowest BCUT2D eigenvalue weighted by Gasteiger charge is -2.17. The SMILES string of the molecule is CC(C)(C)CNc1nc(C(F)(F)F)ns1. The zero-order chi connectivity index (χ0) is 11.7. The van der Waals surface area contributed by atoms with Gasteiger partial charge >= 0.3 is 6.18 Å². The van der Waals surface area contributed by atoms with Crippen LogP contribution in [-0.2, 0) is 6.18 Å². The van der Waals surface area contributed by atoms with Gasteiger partial charge in [0.25, 0.3) is 0 Å². The summed E-state index contributed by atoms with van der Waals surface area (Å²) in [4.78, 5) is 3.36. The smallest absolute Gasteiger partial charge is 0.360 e. The second-order valence-electron chi connectivity index (χ2n) is 4.34. The lowest BCUT2D eigenvalue weighted by Crippen LogP contribution is -2.19. The molecule has 3 nitrogen and oxygen atoms in total. The zero-order valence-corrected chi connectivity index (χ0v) is 9.46. The summed E-state index contributed by atoms with van der Waals surface area (Å²) in [6, 6.07) is 0. The molecule has 0 bridgehead atoms. The number of alkyl halides is 3. The van der Waals surface area contributed by atoms with Crippen LogP contribution in [0.2, 0.25) is 0 Å². The zero-order valence-electron chi connectivity index (χ0n) is 8.64. The minimum absolute atomic E-state index is 0.00986. The van der Waals surface area contributed by atoms with Crippen molar-refractivity contribution < 1.29 is 13.2 Å². The summed E-state index contributed by atoms with van der Waals surface area (Å²) in [5, 5.41) is 3.03. The van der Waals surface area contributed by atoms with Crippen LogP contribution in [-0.4, -0.2) is 15.9 Å². The normalized spacial score (nSPS) is 12.9. The molecule has 1 rings (SSSR count). The van der Waals surface area contributed by atoms with Gasteiger partial charge in [-0.1, -0.05) is 20.8 Å². The lowest BCUT2D eigenvalue weighted by molar-refractivity contribution is -0.144. The van der Waals surface area contributed by atoms with E-state index in [0.717, 1.165) is 11.5 Å². The highest BCUT2D eigenvalue weighted by atomic mass is 32.1. The van der Waals surface area contributed by atoms with Crippen molar-refractivity contribution in [1.82, 2.24) is 9.36 Å². The molecule has 0 aliphatic rings. The Kier molecular flexibility index (Phi) is 3.22. The van der Waals surface area contributed by atoms with Gasteiger partial charge in [0, 0.05) is 18.1 Å². The Bertz CT molecular complexity index is 327. The van der Waals surface area contributed by atoms with Gasteiger partial charge in [-0.15, -0.1) is 0 Å². The molecule has 1 N–H and O–H groups in total. The number of anilines is 1. The Labute approximate surface area is 89.9 Å². The fourth-order valence-corrected chi connectivity index (χ4v) is 1.33. The van der Waals surface area contributed by atoms with Gasteiger partial charge in [0.15, 0.2) is 0 Å². The maximum absolute atomic E-state index is 12.1. The fourth-order valence-electron chi connectivity index (χ4n) is 0.751. The van der Waals surface area contributed by atoms with E-state index in [1.165, 1.54) is 0 Å².